The van der Waals surface area contributed by atoms with Crippen molar-refractivity contribution in [3.05, 3.63) is 35.4 Å². The van der Waals surface area contributed by atoms with E-state index in [9.17, 15) is 13.9 Å². The Labute approximate surface area is 100 Å². The summed E-state index contributed by atoms with van der Waals surface area (Å²) in [7, 11) is 0. The quantitative estimate of drug-likeness (QED) is 0.783. The Hall–Kier alpha value is -0.960. The maximum atomic E-state index is 13.5. The zero-order valence-corrected chi connectivity index (χ0v) is 9.88. The van der Waals surface area contributed by atoms with Crippen molar-refractivity contribution in [3.8, 4) is 0 Å². The Morgan fingerprint density at radius 2 is 1.71 bits per heavy atom. The highest BCUT2D eigenvalue weighted by Gasteiger charge is 2.29. The van der Waals surface area contributed by atoms with Gasteiger partial charge in [-0.1, -0.05) is 25.7 Å². The molecule has 0 atom stereocenters. The molecule has 0 heterocycles. The molecule has 1 aliphatic carbocycles. The molecule has 2 rings (SSSR count). The number of hydrogen-bond donors (Lipinski definition) is 1. The van der Waals surface area contributed by atoms with Crippen LogP contribution in [0.15, 0.2) is 18.2 Å². The van der Waals surface area contributed by atoms with Crippen molar-refractivity contribution in [3.63, 3.8) is 0 Å². The first-order valence-electron chi connectivity index (χ1n) is 6.25. The monoisotopic (exact) mass is 240 g/mol. The van der Waals surface area contributed by atoms with E-state index in [1.165, 1.54) is 6.07 Å². The average Bonchev–Trinajstić information content (AvgIpc) is 2.49. The second kappa shape index (κ2) is 5.13. The SMILES string of the molecule is OC1(Cc2cc(F)ccc2F)CCCCCC1. The normalized spacial score (nSPS) is 19.9. The first kappa shape index (κ1) is 12.5. The number of hydrogen-bond acceptors (Lipinski definition) is 1. The molecule has 0 spiro atoms. The molecule has 1 N–H and O–H groups in total. The highest BCUT2D eigenvalue weighted by molar-refractivity contribution is 5.20. The van der Waals surface area contributed by atoms with Gasteiger partial charge in [-0.2, -0.15) is 0 Å². The number of aliphatic hydroxyl groups is 1. The summed E-state index contributed by atoms with van der Waals surface area (Å²) in [4.78, 5) is 0. The van der Waals surface area contributed by atoms with Crippen LogP contribution in [0, 0.1) is 11.6 Å². The van der Waals surface area contributed by atoms with Crippen LogP contribution in [0.25, 0.3) is 0 Å². The second-order valence-electron chi connectivity index (χ2n) is 5.05. The van der Waals surface area contributed by atoms with Gasteiger partial charge in [-0.3, -0.25) is 0 Å². The third kappa shape index (κ3) is 3.25. The molecule has 0 aromatic heterocycles. The first-order chi connectivity index (χ1) is 8.09. The van der Waals surface area contributed by atoms with Crippen molar-refractivity contribution in [2.24, 2.45) is 0 Å². The van der Waals surface area contributed by atoms with Crippen molar-refractivity contribution in [1.29, 1.82) is 0 Å². The number of benzene rings is 1. The zero-order valence-electron chi connectivity index (χ0n) is 9.88. The lowest BCUT2D eigenvalue weighted by molar-refractivity contribution is 0.0244. The summed E-state index contributed by atoms with van der Waals surface area (Å²) in [6, 6.07) is 3.43. The molecule has 1 nitrogen and oxygen atoms in total. The maximum Gasteiger partial charge on any atom is 0.126 e. The van der Waals surface area contributed by atoms with Crippen LogP contribution < -0.4 is 0 Å². The van der Waals surface area contributed by atoms with E-state index in [0.717, 1.165) is 37.8 Å². The predicted octanol–water partition coefficient (Wildman–Crippen LogP) is 3.59. The van der Waals surface area contributed by atoms with Gasteiger partial charge < -0.3 is 5.11 Å². The van der Waals surface area contributed by atoms with E-state index >= 15 is 0 Å². The standard InChI is InChI=1S/C14H18F2O/c15-12-5-6-13(16)11(9-12)10-14(17)7-3-1-2-4-8-14/h5-6,9,17H,1-4,7-8,10H2. The molecule has 1 aromatic carbocycles. The summed E-state index contributed by atoms with van der Waals surface area (Å²) in [6.07, 6.45) is 5.76. The predicted molar refractivity (Wildman–Crippen MR) is 62.7 cm³/mol. The lowest BCUT2D eigenvalue weighted by Gasteiger charge is -2.26. The lowest BCUT2D eigenvalue weighted by atomic mass is 9.87. The van der Waals surface area contributed by atoms with Crippen molar-refractivity contribution in [2.75, 3.05) is 0 Å². The fraction of sp³-hybridized carbons (Fsp3) is 0.571. The summed E-state index contributed by atoms with van der Waals surface area (Å²) in [5.74, 6) is -0.873. The third-order valence-electron chi connectivity index (χ3n) is 3.56. The average molecular weight is 240 g/mol. The summed E-state index contributed by atoms with van der Waals surface area (Å²) in [5.41, 5.74) is -0.570. The molecule has 0 saturated heterocycles. The van der Waals surface area contributed by atoms with E-state index < -0.39 is 17.2 Å². The van der Waals surface area contributed by atoms with Crippen LogP contribution in [-0.2, 0) is 6.42 Å². The number of rotatable bonds is 2. The first-order valence-corrected chi connectivity index (χ1v) is 6.25. The Morgan fingerprint density at radius 3 is 2.35 bits per heavy atom. The molecule has 94 valence electrons. The fourth-order valence-corrected chi connectivity index (χ4v) is 2.60. The minimum absolute atomic E-state index is 0.219. The molecule has 3 heteroatoms. The summed E-state index contributed by atoms with van der Waals surface area (Å²) >= 11 is 0. The van der Waals surface area contributed by atoms with E-state index in [1.807, 2.05) is 0 Å². The lowest BCUT2D eigenvalue weighted by Crippen LogP contribution is -2.31. The van der Waals surface area contributed by atoms with Gasteiger partial charge in [0.05, 0.1) is 5.60 Å². The minimum Gasteiger partial charge on any atom is -0.390 e. The smallest absolute Gasteiger partial charge is 0.126 e. The number of halogens is 2. The van der Waals surface area contributed by atoms with Gasteiger partial charge in [-0.25, -0.2) is 8.78 Å². The zero-order chi connectivity index (χ0) is 12.3. The molecule has 0 bridgehead atoms. The molecule has 0 amide bonds. The Bertz CT molecular complexity index is 382. The van der Waals surface area contributed by atoms with Gasteiger partial charge in [0.25, 0.3) is 0 Å². The van der Waals surface area contributed by atoms with Crippen LogP contribution in [0.3, 0.4) is 0 Å². The molecular weight excluding hydrogens is 222 g/mol. The van der Waals surface area contributed by atoms with Crippen LogP contribution in [-0.4, -0.2) is 10.7 Å². The molecular formula is C14H18F2O. The van der Waals surface area contributed by atoms with Crippen LogP contribution in [0.5, 0.6) is 0 Å². The van der Waals surface area contributed by atoms with Crippen molar-refractivity contribution in [2.45, 2.75) is 50.5 Å². The van der Waals surface area contributed by atoms with Gasteiger partial charge in [0.15, 0.2) is 0 Å². The van der Waals surface area contributed by atoms with Gasteiger partial charge >= 0.3 is 0 Å². The Kier molecular flexibility index (Phi) is 3.77. The summed E-state index contributed by atoms with van der Waals surface area (Å²) in [6.45, 7) is 0. The van der Waals surface area contributed by atoms with E-state index in [4.69, 9.17) is 0 Å². The van der Waals surface area contributed by atoms with E-state index in [1.54, 1.807) is 0 Å². The summed E-state index contributed by atoms with van der Waals surface area (Å²) in [5, 5.41) is 10.4. The van der Waals surface area contributed by atoms with E-state index in [2.05, 4.69) is 0 Å². The fourth-order valence-electron chi connectivity index (χ4n) is 2.60. The second-order valence-corrected chi connectivity index (χ2v) is 5.05. The topological polar surface area (TPSA) is 20.2 Å². The van der Waals surface area contributed by atoms with Gasteiger partial charge in [0.2, 0.25) is 0 Å². The molecule has 1 aromatic rings. The third-order valence-corrected chi connectivity index (χ3v) is 3.56. The maximum absolute atomic E-state index is 13.5. The van der Waals surface area contributed by atoms with E-state index in [0.29, 0.717) is 12.8 Å². The van der Waals surface area contributed by atoms with Crippen LogP contribution >= 0.6 is 0 Å². The molecule has 1 saturated carbocycles. The molecule has 0 aliphatic heterocycles. The van der Waals surface area contributed by atoms with Crippen LogP contribution in [0.4, 0.5) is 8.78 Å². The van der Waals surface area contributed by atoms with Crippen molar-refractivity contribution < 1.29 is 13.9 Å². The van der Waals surface area contributed by atoms with Crippen molar-refractivity contribution in [1.82, 2.24) is 0 Å². The van der Waals surface area contributed by atoms with Crippen LogP contribution in [0.2, 0.25) is 0 Å². The van der Waals surface area contributed by atoms with Gasteiger partial charge in [0.1, 0.15) is 11.6 Å². The molecule has 1 aliphatic rings. The Morgan fingerprint density at radius 1 is 1.06 bits per heavy atom. The van der Waals surface area contributed by atoms with Gasteiger partial charge in [0, 0.05) is 6.42 Å². The Balaban J connectivity index is 2.15. The molecule has 0 unspecified atom stereocenters. The molecule has 1 fully saturated rings. The van der Waals surface area contributed by atoms with E-state index in [-0.39, 0.29) is 12.0 Å². The highest BCUT2D eigenvalue weighted by Crippen LogP contribution is 2.30. The summed E-state index contributed by atoms with van der Waals surface area (Å²) < 4.78 is 26.6. The van der Waals surface area contributed by atoms with Gasteiger partial charge in [-0.15, -0.1) is 0 Å². The largest absolute Gasteiger partial charge is 0.390 e. The van der Waals surface area contributed by atoms with Crippen molar-refractivity contribution >= 4 is 0 Å². The van der Waals surface area contributed by atoms with Crippen LogP contribution in [0.1, 0.15) is 44.1 Å². The minimum atomic E-state index is -0.856. The highest BCUT2D eigenvalue weighted by atomic mass is 19.1. The van der Waals surface area contributed by atoms with Gasteiger partial charge in [-0.05, 0) is 36.6 Å². The molecule has 17 heavy (non-hydrogen) atoms. The molecule has 0 radical (unpaired) electrons.